The number of likely N-dealkylation sites (N-methyl/N-ethyl adjacent to an activating group) is 1. The molecule has 0 rings (SSSR count). The van der Waals surface area contributed by atoms with Gasteiger partial charge < -0.3 is 33.0 Å². The number of ether oxygens (including phenoxy) is 2. The molecule has 0 fully saturated rings. The van der Waals surface area contributed by atoms with Gasteiger partial charge in [-0.25, -0.2) is 0 Å². The molecule has 0 amide bonds. The molecule has 1 N–H and O–H groups in total. The number of hydrogen-bond acceptors (Lipinski definition) is 8. The minimum atomic E-state index is -4.54. The van der Waals surface area contributed by atoms with Crippen LogP contribution < -0.4 is 4.89 Å². The van der Waals surface area contributed by atoms with Gasteiger partial charge in [-0.1, -0.05) is 152 Å². The lowest BCUT2D eigenvalue weighted by Crippen LogP contribution is -2.37. The molecule has 0 radical (unpaired) electrons. The van der Waals surface area contributed by atoms with Gasteiger partial charge in [0.15, 0.2) is 6.10 Å². The SMILES string of the molecule is CCCCCCCCCCCCCCCC/C=C/O[C@H](COC(=O)CCC/C=C\C/C=C\C/C=C\C/C=C\CC(O)CCC)COP(=O)([O-])OCC[N+](C)(C)C. The topological polar surface area (TPSA) is 114 Å². The van der Waals surface area contributed by atoms with E-state index in [0.29, 0.717) is 17.4 Å². The number of nitrogens with zero attached hydrogens (tertiary/aromatic N) is 1. The molecule has 10 heteroatoms. The van der Waals surface area contributed by atoms with E-state index in [2.05, 4.69) is 56.4 Å². The fourth-order valence-electron chi connectivity index (χ4n) is 5.71. The van der Waals surface area contributed by atoms with E-state index in [1.54, 1.807) is 6.26 Å². The van der Waals surface area contributed by atoms with E-state index in [1.807, 2.05) is 33.3 Å². The van der Waals surface area contributed by atoms with E-state index in [1.165, 1.54) is 83.5 Å². The molecule has 0 heterocycles. The Balaban J connectivity index is 4.40. The number of esters is 1. The van der Waals surface area contributed by atoms with E-state index in [-0.39, 0.29) is 38.3 Å². The lowest BCUT2D eigenvalue weighted by Gasteiger charge is -2.28. The summed E-state index contributed by atoms with van der Waals surface area (Å²) in [7, 11) is 1.31. The number of unbranched alkanes of at least 4 members (excludes halogenated alkanes) is 15. The first-order chi connectivity index (χ1) is 27.0. The maximum absolute atomic E-state index is 12.5. The Hall–Kier alpha value is -2.00. The summed E-state index contributed by atoms with van der Waals surface area (Å²) in [5.74, 6) is -0.360. The van der Waals surface area contributed by atoms with Crippen LogP contribution in [-0.4, -0.2) is 75.3 Å². The predicted octanol–water partition coefficient (Wildman–Crippen LogP) is 11.6. The summed E-state index contributed by atoms with van der Waals surface area (Å²) in [5.41, 5.74) is 0. The average molecular weight is 810 g/mol. The number of rotatable bonds is 40. The van der Waals surface area contributed by atoms with Crippen molar-refractivity contribution in [3.63, 3.8) is 0 Å². The number of quaternary nitrogens is 1. The molecule has 0 aliphatic heterocycles. The third-order valence-corrected chi connectivity index (χ3v) is 10.2. The number of allylic oxidation sites excluding steroid dienone is 8. The maximum Gasteiger partial charge on any atom is 0.305 e. The van der Waals surface area contributed by atoms with Crippen molar-refractivity contribution in [1.29, 1.82) is 0 Å². The summed E-state index contributed by atoms with van der Waals surface area (Å²) in [6.07, 6.45) is 45.4. The second-order valence-electron chi connectivity index (χ2n) is 16.0. The van der Waals surface area contributed by atoms with Crippen molar-refractivity contribution in [2.24, 2.45) is 0 Å². The van der Waals surface area contributed by atoms with Crippen LogP contribution in [0.3, 0.4) is 0 Å². The molecule has 0 saturated carbocycles. The van der Waals surface area contributed by atoms with Crippen molar-refractivity contribution < 1.29 is 42.4 Å². The van der Waals surface area contributed by atoms with Gasteiger partial charge in [0, 0.05) is 6.42 Å². The highest BCUT2D eigenvalue weighted by Crippen LogP contribution is 2.38. The Morgan fingerprint density at radius 3 is 1.73 bits per heavy atom. The van der Waals surface area contributed by atoms with Gasteiger partial charge in [0.1, 0.15) is 19.8 Å². The molecule has 0 aliphatic carbocycles. The fraction of sp³-hybridized carbons (Fsp3) is 0.761. The Morgan fingerprint density at radius 1 is 0.661 bits per heavy atom. The fourth-order valence-corrected chi connectivity index (χ4v) is 6.44. The van der Waals surface area contributed by atoms with Gasteiger partial charge in [0.25, 0.3) is 7.82 Å². The monoisotopic (exact) mass is 810 g/mol. The molecule has 0 saturated heterocycles. The summed E-state index contributed by atoms with van der Waals surface area (Å²) in [4.78, 5) is 24.8. The van der Waals surface area contributed by atoms with Crippen LogP contribution in [0, 0.1) is 0 Å². The van der Waals surface area contributed by atoms with Crippen molar-refractivity contribution in [3.8, 4) is 0 Å². The van der Waals surface area contributed by atoms with E-state index in [4.69, 9.17) is 18.5 Å². The van der Waals surface area contributed by atoms with Gasteiger partial charge in [0.2, 0.25) is 0 Å². The molecule has 0 aromatic rings. The van der Waals surface area contributed by atoms with Crippen LogP contribution in [0.2, 0.25) is 0 Å². The van der Waals surface area contributed by atoms with Gasteiger partial charge in [-0.3, -0.25) is 9.36 Å². The number of hydrogen-bond donors (Lipinski definition) is 1. The first-order valence-corrected chi connectivity index (χ1v) is 23.6. The molecule has 9 nitrogen and oxygen atoms in total. The third-order valence-electron chi connectivity index (χ3n) is 9.22. The zero-order valence-corrected chi connectivity index (χ0v) is 37.3. The van der Waals surface area contributed by atoms with Crippen LogP contribution in [0.25, 0.3) is 0 Å². The number of carbonyl (C=O) groups excluding carboxylic acids is 1. The second kappa shape index (κ2) is 38.5. The number of carbonyl (C=O) groups is 1. The molecule has 0 bridgehead atoms. The first-order valence-electron chi connectivity index (χ1n) is 22.1. The minimum absolute atomic E-state index is 0.0108. The number of aliphatic hydroxyl groups excluding tert-OH is 1. The van der Waals surface area contributed by atoms with Crippen LogP contribution >= 0.6 is 7.82 Å². The summed E-state index contributed by atoms with van der Waals surface area (Å²) >= 11 is 0. The molecule has 3 atom stereocenters. The zero-order valence-electron chi connectivity index (χ0n) is 36.4. The van der Waals surface area contributed by atoms with E-state index >= 15 is 0 Å². The average Bonchev–Trinajstić information content (AvgIpc) is 3.14. The summed E-state index contributed by atoms with van der Waals surface area (Å²) in [6, 6.07) is 0. The van der Waals surface area contributed by atoms with Gasteiger partial charge in [-0.15, -0.1) is 0 Å². The van der Waals surface area contributed by atoms with Gasteiger partial charge in [-0.2, -0.15) is 0 Å². The van der Waals surface area contributed by atoms with Crippen LogP contribution in [-0.2, 0) is 27.9 Å². The van der Waals surface area contributed by atoms with Gasteiger partial charge >= 0.3 is 5.97 Å². The van der Waals surface area contributed by atoms with E-state index in [0.717, 1.165) is 57.8 Å². The molecule has 56 heavy (non-hydrogen) atoms. The van der Waals surface area contributed by atoms with Crippen molar-refractivity contribution in [2.45, 2.75) is 180 Å². The normalized spacial score (nSPS) is 14.8. The molecular formula is C46H84NO8P. The zero-order chi connectivity index (χ0) is 41.4. The lowest BCUT2D eigenvalue weighted by molar-refractivity contribution is -0.870. The van der Waals surface area contributed by atoms with Crippen molar-refractivity contribution in [1.82, 2.24) is 0 Å². The van der Waals surface area contributed by atoms with Crippen molar-refractivity contribution in [2.75, 3.05) is 47.5 Å². The van der Waals surface area contributed by atoms with Crippen LogP contribution in [0.15, 0.2) is 60.9 Å². The number of phosphoric acid groups is 1. The molecule has 0 spiro atoms. The van der Waals surface area contributed by atoms with Gasteiger partial charge in [0.05, 0.1) is 40.1 Å². The van der Waals surface area contributed by atoms with Crippen molar-refractivity contribution >= 4 is 13.8 Å². The van der Waals surface area contributed by atoms with Crippen LogP contribution in [0.4, 0.5) is 0 Å². The second-order valence-corrected chi connectivity index (χ2v) is 17.4. The van der Waals surface area contributed by atoms with E-state index < -0.39 is 13.9 Å². The van der Waals surface area contributed by atoms with Gasteiger partial charge in [-0.05, 0) is 63.9 Å². The highest BCUT2D eigenvalue weighted by atomic mass is 31.2. The Bertz CT molecular complexity index is 1100. The highest BCUT2D eigenvalue weighted by molar-refractivity contribution is 7.45. The Labute approximate surface area is 343 Å². The third kappa shape index (κ3) is 41.6. The quantitative estimate of drug-likeness (QED) is 0.0162. The summed E-state index contributed by atoms with van der Waals surface area (Å²) in [5, 5.41) is 9.73. The standard InChI is InChI=1S/C46H84NO8P/c1-6-8-9-10-11-12-13-14-15-16-20-23-26-29-32-35-40-52-45(43-55-56(50,51)54-41-39-47(3,4)5)42-53-46(49)38-34-31-28-25-22-19-17-18-21-24-27-30-33-37-44(48)36-7-2/h17,19,21,24-25,28,30,33,35,40,44-45,48H,6-16,18,20,22-23,26-27,29,31-32,34,36-39,41-43H2,1-5H3/b19-17-,24-21-,28-25-,33-30-,40-35+/t44?,45-/m1/s1. The highest BCUT2D eigenvalue weighted by Gasteiger charge is 2.19. The summed E-state index contributed by atoms with van der Waals surface area (Å²) in [6.45, 7) is 4.43. The molecule has 0 aromatic carbocycles. The number of phosphoric ester groups is 1. The number of aliphatic hydroxyl groups is 1. The smallest absolute Gasteiger partial charge is 0.305 e. The van der Waals surface area contributed by atoms with Crippen molar-refractivity contribution in [3.05, 3.63) is 60.9 Å². The largest absolute Gasteiger partial charge is 0.756 e. The molecule has 326 valence electrons. The van der Waals surface area contributed by atoms with Crippen LogP contribution in [0.1, 0.15) is 168 Å². The Morgan fingerprint density at radius 2 is 1.18 bits per heavy atom. The molecule has 0 aliphatic rings. The van der Waals surface area contributed by atoms with Crippen LogP contribution in [0.5, 0.6) is 0 Å². The molecular weight excluding hydrogens is 725 g/mol. The predicted molar refractivity (Wildman–Crippen MR) is 232 cm³/mol. The Kier molecular flexibility index (Phi) is 37.1. The molecule has 2 unspecified atom stereocenters. The lowest BCUT2D eigenvalue weighted by atomic mass is 10.0. The minimum Gasteiger partial charge on any atom is -0.756 e. The maximum atomic E-state index is 12.5. The molecule has 0 aromatic heterocycles. The first kappa shape index (κ1) is 54.0. The summed E-state index contributed by atoms with van der Waals surface area (Å²) < 4.78 is 34.3. The van der Waals surface area contributed by atoms with E-state index in [9.17, 15) is 19.4 Å².